The number of hydrogen-bond acceptors (Lipinski definition) is 1. The summed E-state index contributed by atoms with van der Waals surface area (Å²) in [5.41, 5.74) is -0.0887. The maximum atomic E-state index is 13.5. The topological polar surface area (TPSA) is 29.1 Å². The maximum Gasteiger partial charge on any atom is 0.254 e. The summed E-state index contributed by atoms with van der Waals surface area (Å²) in [7, 11) is 0. The highest BCUT2D eigenvalue weighted by Gasteiger charge is 2.24. The number of carbonyl (C=O) groups excluding carboxylic acids is 1. The lowest BCUT2D eigenvalue weighted by Crippen LogP contribution is -2.41. The van der Waals surface area contributed by atoms with Crippen molar-refractivity contribution in [2.45, 2.75) is 38.6 Å². The Kier molecular flexibility index (Phi) is 3.94. The molecule has 2 unspecified atom stereocenters. The summed E-state index contributed by atoms with van der Waals surface area (Å²) in [5.74, 6) is -1.52. The SMILES string of the molecule is CC1CCCCC1NC(=O)c1ccc(F)cc1F. The highest BCUT2D eigenvalue weighted by atomic mass is 19.1. The molecule has 98 valence electrons. The van der Waals surface area contributed by atoms with Gasteiger partial charge in [0, 0.05) is 12.1 Å². The fraction of sp³-hybridized carbons (Fsp3) is 0.500. The van der Waals surface area contributed by atoms with E-state index in [4.69, 9.17) is 0 Å². The summed E-state index contributed by atoms with van der Waals surface area (Å²) in [6, 6.07) is 3.12. The molecule has 0 aromatic heterocycles. The number of hydrogen-bond donors (Lipinski definition) is 1. The van der Waals surface area contributed by atoms with Gasteiger partial charge in [-0.15, -0.1) is 0 Å². The Bertz CT molecular complexity index is 447. The Morgan fingerprint density at radius 1 is 1.28 bits per heavy atom. The molecule has 1 aromatic carbocycles. The summed E-state index contributed by atoms with van der Waals surface area (Å²) in [6.45, 7) is 2.09. The fourth-order valence-corrected chi connectivity index (χ4v) is 2.45. The quantitative estimate of drug-likeness (QED) is 0.861. The van der Waals surface area contributed by atoms with E-state index in [-0.39, 0.29) is 11.6 Å². The van der Waals surface area contributed by atoms with E-state index >= 15 is 0 Å². The van der Waals surface area contributed by atoms with Crippen LogP contribution >= 0.6 is 0 Å². The standard InChI is InChI=1S/C14H17F2NO/c1-9-4-2-3-5-13(9)17-14(18)11-7-6-10(15)8-12(11)16/h6-9,13H,2-5H2,1H3,(H,17,18). The molecule has 0 bridgehead atoms. The zero-order chi connectivity index (χ0) is 13.1. The molecule has 1 amide bonds. The van der Waals surface area contributed by atoms with Crippen molar-refractivity contribution < 1.29 is 13.6 Å². The van der Waals surface area contributed by atoms with Crippen molar-refractivity contribution in [3.8, 4) is 0 Å². The fourth-order valence-electron chi connectivity index (χ4n) is 2.45. The van der Waals surface area contributed by atoms with E-state index in [0.29, 0.717) is 5.92 Å². The van der Waals surface area contributed by atoms with E-state index in [1.54, 1.807) is 0 Å². The minimum absolute atomic E-state index is 0.0887. The van der Waals surface area contributed by atoms with Crippen LogP contribution in [0.25, 0.3) is 0 Å². The highest BCUT2D eigenvalue weighted by molar-refractivity contribution is 5.94. The van der Waals surface area contributed by atoms with E-state index in [0.717, 1.165) is 31.4 Å². The first-order chi connectivity index (χ1) is 8.58. The van der Waals surface area contributed by atoms with Crippen LogP contribution in [0.15, 0.2) is 18.2 Å². The van der Waals surface area contributed by atoms with Crippen molar-refractivity contribution >= 4 is 5.91 Å². The minimum atomic E-state index is -0.809. The molecule has 18 heavy (non-hydrogen) atoms. The van der Waals surface area contributed by atoms with Crippen molar-refractivity contribution in [2.75, 3.05) is 0 Å². The van der Waals surface area contributed by atoms with Gasteiger partial charge in [-0.3, -0.25) is 4.79 Å². The molecule has 4 heteroatoms. The predicted molar refractivity (Wildman–Crippen MR) is 65.2 cm³/mol. The molecule has 1 aromatic rings. The average molecular weight is 253 g/mol. The van der Waals surface area contributed by atoms with Crippen LogP contribution in [-0.2, 0) is 0 Å². The molecule has 0 radical (unpaired) electrons. The second kappa shape index (κ2) is 5.46. The second-order valence-electron chi connectivity index (χ2n) is 4.97. The van der Waals surface area contributed by atoms with Gasteiger partial charge in [-0.1, -0.05) is 19.8 Å². The van der Waals surface area contributed by atoms with Gasteiger partial charge < -0.3 is 5.32 Å². The van der Waals surface area contributed by atoms with Crippen molar-refractivity contribution in [1.29, 1.82) is 0 Å². The zero-order valence-electron chi connectivity index (χ0n) is 10.4. The van der Waals surface area contributed by atoms with Crippen LogP contribution < -0.4 is 5.32 Å². The number of rotatable bonds is 2. The largest absolute Gasteiger partial charge is 0.349 e. The third-order valence-corrected chi connectivity index (χ3v) is 3.60. The molecule has 0 spiro atoms. The first-order valence-corrected chi connectivity index (χ1v) is 6.34. The molecule has 2 nitrogen and oxygen atoms in total. The minimum Gasteiger partial charge on any atom is -0.349 e. The third-order valence-electron chi connectivity index (χ3n) is 3.60. The van der Waals surface area contributed by atoms with Gasteiger partial charge in [-0.05, 0) is 30.9 Å². The number of benzene rings is 1. The van der Waals surface area contributed by atoms with Crippen LogP contribution in [0.1, 0.15) is 43.0 Å². The molecule has 2 atom stereocenters. The van der Waals surface area contributed by atoms with Gasteiger partial charge in [0.15, 0.2) is 0 Å². The summed E-state index contributed by atoms with van der Waals surface area (Å²) >= 11 is 0. The lowest BCUT2D eigenvalue weighted by atomic mass is 9.86. The Labute approximate surface area is 105 Å². The van der Waals surface area contributed by atoms with Gasteiger partial charge in [-0.25, -0.2) is 8.78 Å². The van der Waals surface area contributed by atoms with Crippen molar-refractivity contribution in [1.82, 2.24) is 5.32 Å². The first kappa shape index (κ1) is 13.0. The van der Waals surface area contributed by atoms with E-state index < -0.39 is 17.5 Å². The molecule has 0 aliphatic heterocycles. The third kappa shape index (κ3) is 2.86. The maximum absolute atomic E-state index is 13.5. The number of amides is 1. The molecule has 1 aliphatic rings. The zero-order valence-corrected chi connectivity index (χ0v) is 10.4. The lowest BCUT2D eigenvalue weighted by molar-refractivity contribution is 0.0906. The average Bonchev–Trinajstić information content (AvgIpc) is 2.32. The van der Waals surface area contributed by atoms with Crippen LogP contribution in [0.3, 0.4) is 0 Å². The Morgan fingerprint density at radius 3 is 2.67 bits per heavy atom. The number of nitrogens with one attached hydrogen (secondary N) is 1. The van der Waals surface area contributed by atoms with Gasteiger partial charge in [0.05, 0.1) is 5.56 Å². The summed E-state index contributed by atoms with van der Waals surface area (Å²) in [5, 5.41) is 2.84. The number of carbonyl (C=O) groups is 1. The summed E-state index contributed by atoms with van der Waals surface area (Å²) < 4.78 is 26.2. The van der Waals surface area contributed by atoms with Gasteiger partial charge in [0.25, 0.3) is 5.91 Å². The normalized spacial score (nSPS) is 23.7. The Balaban J connectivity index is 2.07. The van der Waals surface area contributed by atoms with E-state index in [9.17, 15) is 13.6 Å². The van der Waals surface area contributed by atoms with Crippen LogP contribution in [0.4, 0.5) is 8.78 Å². The van der Waals surface area contributed by atoms with Crippen LogP contribution in [0.5, 0.6) is 0 Å². The second-order valence-corrected chi connectivity index (χ2v) is 4.97. The Morgan fingerprint density at radius 2 is 2.00 bits per heavy atom. The van der Waals surface area contributed by atoms with E-state index in [1.807, 2.05) is 0 Å². The molecular weight excluding hydrogens is 236 g/mol. The van der Waals surface area contributed by atoms with Crippen LogP contribution in [0, 0.1) is 17.6 Å². The molecule has 0 heterocycles. The van der Waals surface area contributed by atoms with Crippen molar-refractivity contribution in [3.05, 3.63) is 35.4 Å². The molecule has 2 rings (SSSR count). The van der Waals surface area contributed by atoms with E-state index in [1.165, 1.54) is 12.5 Å². The van der Waals surface area contributed by atoms with Gasteiger partial charge in [0.1, 0.15) is 11.6 Å². The molecule has 1 N–H and O–H groups in total. The van der Waals surface area contributed by atoms with E-state index in [2.05, 4.69) is 12.2 Å². The molecule has 1 aliphatic carbocycles. The highest BCUT2D eigenvalue weighted by Crippen LogP contribution is 2.24. The van der Waals surface area contributed by atoms with Crippen LogP contribution in [-0.4, -0.2) is 11.9 Å². The predicted octanol–water partition coefficient (Wildman–Crippen LogP) is 3.27. The molecule has 1 saturated carbocycles. The molecule has 0 saturated heterocycles. The molecular formula is C14H17F2NO. The Hall–Kier alpha value is -1.45. The van der Waals surface area contributed by atoms with Gasteiger partial charge in [0.2, 0.25) is 0 Å². The smallest absolute Gasteiger partial charge is 0.254 e. The summed E-state index contributed by atoms with van der Waals surface area (Å²) in [4.78, 5) is 11.9. The van der Waals surface area contributed by atoms with Gasteiger partial charge in [-0.2, -0.15) is 0 Å². The first-order valence-electron chi connectivity index (χ1n) is 6.34. The van der Waals surface area contributed by atoms with Crippen molar-refractivity contribution in [2.24, 2.45) is 5.92 Å². The van der Waals surface area contributed by atoms with Crippen LogP contribution in [0.2, 0.25) is 0 Å². The lowest BCUT2D eigenvalue weighted by Gasteiger charge is -2.29. The summed E-state index contributed by atoms with van der Waals surface area (Å²) in [6.07, 6.45) is 4.27. The monoisotopic (exact) mass is 253 g/mol. The molecule has 1 fully saturated rings. The van der Waals surface area contributed by atoms with Gasteiger partial charge >= 0.3 is 0 Å². The number of halogens is 2. The van der Waals surface area contributed by atoms with Crippen molar-refractivity contribution in [3.63, 3.8) is 0 Å².